The van der Waals surface area contributed by atoms with E-state index < -0.39 is 0 Å². The van der Waals surface area contributed by atoms with E-state index in [-0.39, 0.29) is 5.91 Å². The van der Waals surface area contributed by atoms with Crippen molar-refractivity contribution in [1.82, 2.24) is 20.5 Å². The molecule has 1 amide bonds. The summed E-state index contributed by atoms with van der Waals surface area (Å²) >= 11 is 4.81. The van der Waals surface area contributed by atoms with Gasteiger partial charge in [-0.05, 0) is 22.9 Å². The van der Waals surface area contributed by atoms with Crippen molar-refractivity contribution in [3.63, 3.8) is 0 Å². The molecule has 0 aliphatic carbocycles. The first-order valence-electron chi connectivity index (χ1n) is 5.58. The third kappa shape index (κ3) is 3.13. The van der Waals surface area contributed by atoms with E-state index >= 15 is 0 Å². The molecule has 2 aromatic rings. The molecule has 2 aromatic heterocycles. The predicted octanol–water partition coefficient (Wildman–Crippen LogP) is 1.92. The minimum absolute atomic E-state index is 0.143. The van der Waals surface area contributed by atoms with Gasteiger partial charge in [-0.25, -0.2) is 4.98 Å². The van der Waals surface area contributed by atoms with Crippen molar-refractivity contribution in [2.24, 2.45) is 0 Å². The molecule has 8 heteroatoms. The summed E-state index contributed by atoms with van der Waals surface area (Å²) in [6, 6.07) is 0. The fourth-order valence-electron chi connectivity index (χ4n) is 1.56. The molecule has 0 saturated carbocycles. The van der Waals surface area contributed by atoms with E-state index in [1.165, 1.54) is 17.7 Å². The molecule has 0 radical (unpaired) electrons. The number of ether oxygens (including phenoxy) is 1. The Morgan fingerprint density at radius 2 is 2.42 bits per heavy atom. The van der Waals surface area contributed by atoms with Crippen molar-refractivity contribution in [3.8, 4) is 5.75 Å². The van der Waals surface area contributed by atoms with E-state index in [2.05, 4.69) is 36.4 Å². The lowest BCUT2D eigenvalue weighted by Crippen LogP contribution is -2.25. The molecule has 0 aliphatic rings. The Labute approximate surface area is 122 Å². The lowest BCUT2D eigenvalue weighted by Gasteiger charge is -2.04. The Bertz CT molecular complexity index is 568. The van der Waals surface area contributed by atoms with Crippen LogP contribution in [0.15, 0.2) is 10.8 Å². The van der Waals surface area contributed by atoms with E-state index in [0.717, 1.165) is 15.2 Å². The molecule has 2 heterocycles. The molecular formula is C11H13BrN4O2S. The zero-order chi connectivity index (χ0) is 13.8. The van der Waals surface area contributed by atoms with Crippen LogP contribution in [-0.2, 0) is 6.42 Å². The van der Waals surface area contributed by atoms with Crippen LogP contribution in [0.25, 0.3) is 0 Å². The van der Waals surface area contributed by atoms with E-state index in [0.29, 0.717) is 23.6 Å². The lowest BCUT2D eigenvalue weighted by atomic mass is 10.3. The van der Waals surface area contributed by atoms with E-state index in [9.17, 15) is 4.79 Å². The molecule has 0 aliphatic heterocycles. The number of hydrogen-bond donors (Lipinski definition) is 2. The van der Waals surface area contributed by atoms with Gasteiger partial charge < -0.3 is 10.1 Å². The first-order valence-corrected chi connectivity index (χ1v) is 7.19. The zero-order valence-corrected chi connectivity index (χ0v) is 12.9. The third-order valence-electron chi connectivity index (χ3n) is 2.49. The van der Waals surface area contributed by atoms with Crippen LogP contribution in [0.3, 0.4) is 0 Å². The lowest BCUT2D eigenvalue weighted by molar-refractivity contribution is 0.0955. The molecule has 0 spiro atoms. The second-order valence-corrected chi connectivity index (χ2v) is 5.79. The molecule has 0 atom stereocenters. The first kappa shape index (κ1) is 14.0. The maximum Gasteiger partial charge on any atom is 0.265 e. The minimum atomic E-state index is -0.143. The van der Waals surface area contributed by atoms with Crippen molar-refractivity contribution in [2.75, 3.05) is 13.7 Å². The highest BCUT2D eigenvalue weighted by Crippen LogP contribution is 2.38. The molecule has 0 fully saturated rings. The number of amides is 1. The summed E-state index contributed by atoms with van der Waals surface area (Å²) in [6.45, 7) is 2.42. The summed E-state index contributed by atoms with van der Waals surface area (Å²) in [6.07, 6.45) is 2.06. The largest absolute Gasteiger partial charge is 0.494 e. The number of carbonyl (C=O) groups is 1. The van der Waals surface area contributed by atoms with Gasteiger partial charge in [0.05, 0.1) is 11.6 Å². The number of methoxy groups -OCH3 is 1. The Morgan fingerprint density at radius 1 is 1.63 bits per heavy atom. The average molecular weight is 345 g/mol. The summed E-state index contributed by atoms with van der Waals surface area (Å²) in [4.78, 5) is 17.6. The topological polar surface area (TPSA) is 79.9 Å². The van der Waals surface area contributed by atoms with Gasteiger partial charge in [0.15, 0.2) is 5.75 Å². The molecule has 102 valence electrons. The zero-order valence-electron chi connectivity index (χ0n) is 10.5. The van der Waals surface area contributed by atoms with Crippen LogP contribution in [-0.4, -0.2) is 34.7 Å². The van der Waals surface area contributed by atoms with E-state index in [1.807, 2.05) is 6.92 Å². The number of nitrogens with zero attached hydrogens (tertiary/aromatic N) is 2. The van der Waals surface area contributed by atoms with Gasteiger partial charge in [-0.1, -0.05) is 0 Å². The van der Waals surface area contributed by atoms with Gasteiger partial charge in [0.2, 0.25) is 0 Å². The van der Waals surface area contributed by atoms with Gasteiger partial charge in [0.25, 0.3) is 5.91 Å². The van der Waals surface area contributed by atoms with Crippen molar-refractivity contribution in [2.45, 2.75) is 13.3 Å². The number of rotatable bonds is 5. The van der Waals surface area contributed by atoms with Gasteiger partial charge in [0, 0.05) is 17.8 Å². The summed E-state index contributed by atoms with van der Waals surface area (Å²) in [5, 5.41) is 9.33. The van der Waals surface area contributed by atoms with Crippen molar-refractivity contribution >= 4 is 33.2 Å². The number of halogens is 1. The molecule has 0 aromatic carbocycles. The number of aromatic amines is 1. The normalized spacial score (nSPS) is 10.5. The summed E-state index contributed by atoms with van der Waals surface area (Å²) in [5.74, 6) is 1.19. The van der Waals surface area contributed by atoms with Crippen LogP contribution in [0.5, 0.6) is 5.75 Å². The van der Waals surface area contributed by atoms with E-state index in [1.54, 1.807) is 7.11 Å². The van der Waals surface area contributed by atoms with Crippen LogP contribution < -0.4 is 10.1 Å². The maximum atomic E-state index is 12.1. The fraction of sp³-hybridized carbons (Fsp3) is 0.364. The van der Waals surface area contributed by atoms with Gasteiger partial charge in [-0.15, -0.1) is 11.3 Å². The molecule has 0 bridgehead atoms. The fourth-order valence-corrected chi connectivity index (χ4v) is 3.23. The third-order valence-corrected chi connectivity index (χ3v) is 4.80. The first-order chi connectivity index (χ1) is 9.13. The number of hydrogen-bond acceptors (Lipinski definition) is 5. The predicted molar refractivity (Wildman–Crippen MR) is 75.7 cm³/mol. The highest BCUT2D eigenvalue weighted by molar-refractivity contribution is 9.10. The SMILES string of the molecule is COc1c(C(=O)NCCc2ncn[nH]2)sc(C)c1Br. The average Bonchev–Trinajstić information content (AvgIpc) is 2.99. The Balaban J connectivity index is 1.98. The van der Waals surface area contributed by atoms with Gasteiger partial charge in [0.1, 0.15) is 17.0 Å². The Kier molecular flexibility index (Phi) is 4.54. The molecule has 2 rings (SSSR count). The van der Waals surface area contributed by atoms with Crippen molar-refractivity contribution in [3.05, 3.63) is 26.4 Å². The van der Waals surface area contributed by atoms with Crippen molar-refractivity contribution < 1.29 is 9.53 Å². The molecule has 0 unspecified atom stereocenters. The van der Waals surface area contributed by atoms with Crippen LogP contribution in [0, 0.1) is 6.92 Å². The standard InChI is InChI=1S/C11H13BrN4O2S/c1-6-8(12)9(18-2)10(19-6)11(17)13-4-3-7-14-5-15-16-7/h5H,3-4H2,1-2H3,(H,13,17)(H,14,15,16). The molecule has 19 heavy (non-hydrogen) atoms. The number of aryl methyl sites for hydroxylation is 1. The number of thiophene rings is 1. The summed E-state index contributed by atoms with van der Waals surface area (Å²) in [5.41, 5.74) is 0. The van der Waals surface area contributed by atoms with Crippen LogP contribution in [0.1, 0.15) is 20.4 Å². The van der Waals surface area contributed by atoms with Crippen molar-refractivity contribution in [1.29, 1.82) is 0 Å². The maximum absolute atomic E-state index is 12.1. The van der Waals surface area contributed by atoms with Gasteiger partial charge in [-0.2, -0.15) is 5.10 Å². The molecular weight excluding hydrogens is 332 g/mol. The smallest absolute Gasteiger partial charge is 0.265 e. The summed E-state index contributed by atoms with van der Waals surface area (Å²) < 4.78 is 6.08. The van der Waals surface area contributed by atoms with Gasteiger partial charge in [-0.3, -0.25) is 9.89 Å². The van der Waals surface area contributed by atoms with Crippen LogP contribution in [0.4, 0.5) is 0 Å². The Morgan fingerprint density at radius 3 is 3.05 bits per heavy atom. The quantitative estimate of drug-likeness (QED) is 0.868. The van der Waals surface area contributed by atoms with Crippen LogP contribution in [0.2, 0.25) is 0 Å². The Hall–Kier alpha value is -1.41. The van der Waals surface area contributed by atoms with E-state index in [4.69, 9.17) is 4.74 Å². The minimum Gasteiger partial charge on any atom is -0.494 e. The summed E-state index contributed by atoms with van der Waals surface area (Å²) in [7, 11) is 1.55. The van der Waals surface area contributed by atoms with Crippen LogP contribution >= 0.6 is 27.3 Å². The molecule has 2 N–H and O–H groups in total. The highest BCUT2D eigenvalue weighted by atomic mass is 79.9. The second kappa shape index (κ2) is 6.16. The monoisotopic (exact) mass is 344 g/mol. The molecule has 0 saturated heterocycles. The highest BCUT2D eigenvalue weighted by Gasteiger charge is 2.20. The number of aromatic nitrogens is 3. The molecule has 6 nitrogen and oxygen atoms in total. The number of H-pyrrole nitrogens is 1. The second-order valence-electron chi connectivity index (χ2n) is 3.77. The number of carbonyl (C=O) groups excluding carboxylic acids is 1. The number of nitrogens with one attached hydrogen (secondary N) is 2. The van der Waals surface area contributed by atoms with Gasteiger partial charge >= 0.3 is 0 Å².